The molecule has 1 aliphatic heterocycles. The number of hydrogen-bond acceptors (Lipinski definition) is 6. The van der Waals surface area contributed by atoms with Crippen LogP contribution in [0.5, 0.6) is 0 Å². The number of fused-ring (bicyclic) bond motifs is 1. The van der Waals surface area contributed by atoms with Crippen LogP contribution < -0.4 is 10.6 Å². The van der Waals surface area contributed by atoms with Gasteiger partial charge in [-0.3, -0.25) is 9.98 Å². The van der Waals surface area contributed by atoms with Gasteiger partial charge in [-0.1, -0.05) is 18.2 Å². The zero-order chi connectivity index (χ0) is 19.7. The molecule has 0 radical (unpaired) electrons. The Morgan fingerprint density at radius 3 is 2.61 bits per heavy atom. The van der Waals surface area contributed by atoms with Gasteiger partial charge in [-0.15, -0.1) is 0 Å². The Kier molecular flexibility index (Phi) is 5.07. The second-order valence-electron chi connectivity index (χ2n) is 7.49. The third-order valence-corrected chi connectivity index (χ3v) is 5.45. The maximum absolute atomic E-state index is 5.69. The van der Waals surface area contributed by atoms with E-state index in [0.717, 1.165) is 58.7 Å². The standard InChI is InChI=1S/C22H26N6/c1-24-20-10-16(5-4-15(20)8-9-23)17-6-7-19-21(11-17)26-22(12-25-19)28-13-18(14-28)27(2)3/h4-7,10-12,18H,1,8-9,13-14,23H2,2-3H3. The molecule has 0 atom stereocenters. The normalized spacial score (nSPS) is 14.5. The third kappa shape index (κ3) is 3.48. The quantitative estimate of drug-likeness (QED) is 0.672. The van der Waals surface area contributed by atoms with Gasteiger partial charge in [0.15, 0.2) is 0 Å². The number of nitrogens with two attached hydrogens (primary N) is 1. The van der Waals surface area contributed by atoms with Gasteiger partial charge < -0.3 is 15.5 Å². The molecule has 2 N–H and O–H groups in total. The fourth-order valence-corrected chi connectivity index (χ4v) is 3.56. The first-order valence-corrected chi connectivity index (χ1v) is 9.57. The van der Waals surface area contributed by atoms with Crippen LogP contribution in [0.15, 0.2) is 47.6 Å². The number of likely N-dealkylation sites (N-methyl/N-ethyl adjacent to an activating group) is 1. The molecule has 1 aliphatic rings. The molecular formula is C22H26N6. The highest BCUT2D eigenvalue weighted by atomic mass is 15.3. The van der Waals surface area contributed by atoms with Gasteiger partial charge in [0.25, 0.3) is 0 Å². The molecule has 0 aliphatic carbocycles. The highest BCUT2D eigenvalue weighted by Crippen LogP contribution is 2.30. The van der Waals surface area contributed by atoms with E-state index in [0.29, 0.717) is 12.6 Å². The molecule has 6 heteroatoms. The number of aliphatic imine (C=N–C) groups is 1. The Balaban J connectivity index is 1.64. The Labute approximate surface area is 165 Å². The molecule has 144 valence electrons. The van der Waals surface area contributed by atoms with Crippen LogP contribution in [0, 0.1) is 0 Å². The van der Waals surface area contributed by atoms with Crippen molar-refractivity contribution in [2.24, 2.45) is 10.7 Å². The fraction of sp³-hybridized carbons (Fsp3) is 0.318. The SMILES string of the molecule is C=Nc1cc(-c2ccc3ncc(N4CC(N(C)C)C4)nc3c2)ccc1CCN. The number of rotatable bonds is 6. The number of aromatic nitrogens is 2. The number of benzene rings is 2. The maximum Gasteiger partial charge on any atom is 0.147 e. The molecule has 0 amide bonds. The molecule has 0 spiro atoms. The summed E-state index contributed by atoms with van der Waals surface area (Å²) in [4.78, 5) is 18.2. The number of hydrogen-bond donors (Lipinski definition) is 1. The third-order valence-electron chi connectivity index (χ3n) is 5.45. The highest BCUT2D eigenvalue weighted by Gasteiger charge is 2.29. The van der Waals surface area contributed by atoms with Crippen molar-refractivity contribution >= 4 is 29.3 Å². The Hall–Kier alpha value is -2.83. The van der Waals surface area contributed by atoms with Crippen molar-refractivity contribution in [3.63, 3.8) is 0 Å². The lowest BCUT2D eigenvalue weighted by Crippen LogP contribution is -2.57. The van der Waals surface area contributed by atoms with Crippen LogP contribution in [-0.4, -0.2) is 61.4 Å². The average Bonchev–Trinajstić information content (AvgIpc) is 2.66. The van der Waals surface area contributed by atoms with Crippen molar-refractivity contribution in [3.05, 3.63) is 48.2 Å². The predicted molar refractivity (Wildman–Crippen MR) is 117 cm³/mol. The lowest BCUT2D eigenvalue weighted by molar-refractivity contribution is 0.246. The van der Waals surface area contributed by atoms with Crippen LogP contribution in [0.2, 0.25) is 0 Å². The molecule has 28 heavy (non-hydrogen) atoms. The summed E-state index contributed by atoms with van der Waals surface area (Å²) in [6.45, 7) is 6.28. The molecule has 6 nitrogen and oxygen atoms in total. The molecule has 4 rings (SSSR count). The van der Waals surface area contributed by atoms with Gasteiger partial charge in [0.05, 0.1) is 22.9 Å². The predicted octanol–water partition coefficient (Wildman–Crippen LogP) is 2.88. The van der Waals surface area contributed by atoms with E-state index in [1.54, 1.807) is 0 Å². The van der Waals surface area contributed by atoms with Crippen molar-refractivity contribution in [1.29, 1.82) is 0 Å². The average molecular weight is 374 g/mol. The highest BCUT2D eigenvalue weighted by molar-refractivity contribution is 5.83. The van der Waals surface area contributed by atoms with E-state index in [1.165, 1.54) is 0 Å². The fourth-order valence-electron chi connectivity index (χ4n) is 3.56. The summed E-state index contributed by atoms with van der Waals surface area (Å²) in [6.07, 6.45) is 2.67. The van der Waals surface area contributed by atoms with Gasteiger partial charge in [-0.05, 0) is 68.7 Å². The van der Waals surface area contributed by atoms with Crippen molar-refractivity contribution in [2.75, 3.05) is 38.6 Å². The van der Waals surface area contributed by atoms with Crippen LogP contribution in [-0.2, 0) is 6.42 Å². The Morgan fingerprint density at radius 2 is 1.89 bits per heavy atom. The van der Waals surface area contributed by atoms with Gasteiger partial charge in [-0.25, -0.2) is 4.98 Å². The van der Waals surface area contributed by atoms with Crippen LogP contribution in [0.4, 0.5) is 11.5 Å². The number of anilines is 1. The van der Waals surface area contributed by atoms with E-state index in [1.807, 2.05) is 12.3 Å². The van der Waals surface area contributed by atoms with E-state index in [4.69, 9.17) is 10.7 Å². The molecule has 2 heterocycles. The van der Waals surface area contributed by atoms with E-state index in [2.05, 4.69) is 70.9 Å². The van der Waals surface area contributed by atoms with E-state index < -0.39 is 0 Å². The summed E-state index contributed by atoms with van der Waals surface area (Å²) in [5, 5.41) is 0. The second-order valence-corrected chi connectivity index (χ2v) is 7.49. The van der Waals surface area contributed by atoms with Gasteiger partial charge in [-0.2, -0.15) is 0 Å². The second kappa shape index (κ2) is 7.66. The Bertz CT molecular complexity index is 1010. The molecular weight excluding hydrogens is 348 g/mol. The molecule has 0 saturated carbocycles. The summed E-state index contributed by atoms with van der Waals surface area (Å²) in [6, 6.07) is 13.0. The van der Waals surface area contributed by atoms with Crippen LogP contribution in [0.3, 0.4) is 0 Å². The molecule has 1 fully saturated rings. The summed E-state index contributed by atoms with van der Waals surface area (Å²) >= 11 is 0. The number of nitrogens with zero attached hydrogens (tertiary/aromatic N) is 5. The van der Waals surface area contributed by atoms with Crippen molar-refractivity contribution in [1.82, 2.24) is 14.9 Å². The topological polar surface area (TPSA) is 70.6 Å². The van der Waals surface area contributed by atoms with Crippen molar-refractivity contribution < 1.29 is 0 Å². The minimum absolute atomic E-state index is 0.584. The summed E-state index contributed by atoms with van der Waals surface area (Å²) in [5.41, 5.74) is 11.7. The van der Waals surface area contributed by atoms with Crippen LogP contribution in [0.25, 0.3) is 22.2 Å². The summed E-state index contributed by atoms with van der Waals surface area (Å²) in [7, 11) is 4.23. The van der Waals surface area contributed by atoms with Gasteiger partial charge in [0.2, 0.25) is 0 Å². The van der Waals surface area contributed by atoms with Crippen molar-refractivity contribution in [2.45, 2.75) is 12.5 Å². The van der Waals surface area contributed by atoms with E-state index in [9.17, 15) is 0 Å². The first kappa shape index (κ1) is 18.5. The van der Waals surface area contributed by atoms with E-state index in [-0.39, 0.29) is 0 Å². The minimum Gasteiger partial charge on any atom is -0.352 e. The van der Waals surface area contributed by atoms with Crippen LogP contribution in [0.1, 0.15) is 5.56 Å². The molecule has 0 unspecified atom stereocenters. The van der Waals surface area contributed by atoms with Crippen molar-refractivity contribution in [3.8, 4) is 11.1 Å². The lowest BCUT2D eigenvalue weighted by atomic mass is 10.0. The van der Waals surface area contributed by atoms with Crippen LogP contribution >= 0.6 is 0 Å². The minimum atomic E-state index is 0.584. The molecule has 1 saturated heterocycles. The van der Waals surface area contributed by atoms with Gasteiger partial charge in [0.1, 0.15) is 5.82 Å². The summed E-state index contributed by atoms with van der Waals surface area (Å²) < 4.78 is 0. The largest absolute Gasteiger partial charge is 0.352 e. The lowest BCUT2D eigenvalue weighted by Gasteiger charge is -2.43. The first-order chi connectivity index (χ1) is 13.6. The zero-order valence-corrected chi connectivity index (χ0v) is 16.5. The van der Waals surface area contributed by atoms with E-state index >= 15 is 0 Å². The zero-order valence-electron chi connectivity index (χ0n) is 16.5. The van der Waals surface area contributed by atoms with Gasteiger partial charge >= 0.3 is 0 Å². The Morgan fingerprint density at radius 1 is 1.14 bits per heavy atom. The molecule has 2 aromatic carbocycles. The first-order valence-electron chi connectivity index (χ1n) is 9.57. The smallest absolute Gasteiger partial charge is 0.147 e. The molecule has 3 aromatic rings. The monoisotopic (exact) mass is 374 g/mol. The molecule has 1 aromatic heterocycles. The molecule has 0 bridgehead atoms. The summed E-state index contributed by atoms with van der Waals surface area (Å²) in [5.74, 6) is 0.939. The van der Waals surface area contributed by atoms with Gasteiger partial charge in [0, 0.05) is 19.1 Å². The maximum atomic E-state index is 5.69.